The number of nitrogens with zero attached hydrogens (tertiary/aromatic N) is 1. The van der Waals surface area contributed by atoms with Crippen LogP contribution in [0, 0.1) is 29.1 Å². The van der Waals surface area contributed by atoms with Crippen molar-refractivity contribution in [2.75, 3.05) is 4.90 Å². The molecule has 1 heteroatoms. The molecule has 0 amide bonds. The Hall–Kier alpha value is -4.88. The van der Waals surface area contributed by atoms with Gasteiger partial charge >= 0.3 is 0 Å². The Labute approximate surface area is 327 Å². The Morgan fingerprint density at radius 3 is 1.75 bits per heavy atom. The van der Waals surface area contributed by atoms with Crippen molar-refractivity contribution in [1.29, 1.82) is 0 Å². The molecule has 6 aromatic rings. The van der Waals surface area contributed by atoms with E-state index in [-0.39, 0.29) is 16.2 Å². The van der Waals surface area contributed by atoms with E-state index in [4.69, 9.17) is 0 Å². The van der Waals surface area contributed by atoms with Crippen LogP contribution in [0.4, 0.5) is 17.1 Å². The third kappa shape index (κ3) is 4.15. The highest BCUT2D eigenvalue weighted by Gasteiger charge is 2.84. The van der Waals surface area contributed by atoms with Crippen LogP contribution in [0.3, 0.4) is 0 Å². The van der Waals surface area contributed by atoms with Gasteiger partial charge < -0.3 is 4.90 Å². The molecule has 0 N–H and O–H groups in total. The van der Waals surface area contributed by atoms with Gasteiger partial charge in [0.05, 0.1) is 0 Å². The van der Waals surface area contributed by atoms with Crippen molar-refractivity contribution in [3.63, 3.8) is 0 Å². The lowest BCUT2D eigenvalue weighted by Gasteiger charge is -2.76. The number of rotatable bonds is 5. The van der Waals surface area contributed by atoms with Gasteiger partial charge in [-0.15, -0.1) is 0 Å². The van der Waals surface area contributed by atoms with Crippen molar-refractivity contribution >= 4 is 17.1 Å². The fourth-order valence-electron chi connectivity index (χ4n) is 13.9. The van der Waals surface area contributed by atoms with Gasteiger partial charge in [-0.25, -0.2) is 0 Å². The fourth-order valence-corrected chi connectivity index (χ4v) is 13.9. The standard InChI is InChI=1S/C54H51N/c1-51(2)26-27-52(3,4)48-32-42(23-25-47(48)51)55(40-19-14-36(15-20-40)35-10-6-5-7-11-35)41-21-16-37(17-22-41)38-18-24-46-44(30-38)43-12-8-9-13-45(43)54(46)49-29-34-28-39-31-50(54)53(39,49)33-34/h5-25,30,32,34,39,49-50H,26-29,31,33H2,1-4H3. The molecule has 0 saturated heterocycles. The predicted molar refractivity (Wildman–Crippen MR) is 228 cm³/mol. The summed E-state index contributed by atoms with van der Waals surface area (Å²) in [5.41, 5.74) is 19.2. The van der Waals surface area contributed by atoms with Gasteiger partial charge in [0.2, 0.25) is 0 Å². The average molecular weight is 714 g/mol. The lowest BCUT2D eigenvalue weighted by atomic mass is 9.27. The van der Waals surface area contributed by atoms with Crippen molar-refractivity contribution in [2.24, 2.45) is 29.1 Å². The van der Waals surface area contributed by atoms with E-state index in [1.54, 1.807) is 11.1 Å². The SMILES string of the molecule is CC1(C)CCC(C)(C)c2cc(N(c3ccc(-c4ccccc4)cc3)c3ccc(-c4ccc5c(c4)-c4ccccc4C54C5CC6CC7CC4C75C6)cc3)ccc21. The number of anilines is 3. The van der Waals surface area contributed by atoms with E-state index in [2.05, 4.69) is 172 Å². The van der Waals surface area contributed by atoms with Crippen molar-refractivity contribution < 1.29 is 0 Å². The molecule has 4 saturated carbocycles. The Bertz CT molecular complexity index is 2520. The summed E-state index contributed by atoms with van der Waals surface area (Å²) < 4.78 is 0. The third-order valence-electron chi connectivity index (χ3n) is 16.4. The molecule has 55 heavy (non-hydrogen) atoms. The first-order valence-electron chi connectivity index (χ1n) is 21.1. The van der Waals surface area contributed by atoms with Crippen molar-refractivity contribution in [1.82, 2.24) is 0 Å². The zero-order valence-corrected chi connectivity index (χ0v) is 32.8. The third-order valence-corrected chi connectivity index (χ3v) is 16.4. The van der Waals surface area contributed by atoms with Gasteiger partial charge in [-0.3, -0.25) is 0 Å². The van der Waals surface area contributed by atoms with Gasteiger partial charge in [0.1, 0.15) is 0 Å². The number of hydrogen-bond acceptors (Lipinski definition) is 1. The highest BCUT2D eigenvalue weighted by Crippen LogP contribution is 2.89. The molecule has 272 valence electrons. The molecule has 4 fully saturated rings. The van der Waals surface area contributed by atoms with E-state index in [0.29, 0.717) is 5.41 Å². The summed E-state index contributed by atoms with van der Waals surface area (Å²) >= 11 is 0. The van der Waals surface area contributed by atoms with Crippen LogP contribution in [-0.4, -0.2) is 0 Å². The van der Waals surface area contributed by atoms with Crippen LogP contribution < -0.4 is 4.90 Å². The van der Waals surface area contributed by atoms with Crippen molar-refractivity contribution in [3.05, 3.63) is 162 Å². The van der Waals surface area contributed by atoms with Crippen LogP contribution in [0.25, 0.3) is 33.4 Å². The summed E-state index contributed by atoms with van der Waals surface area (Å²) in [5.74, 6) is 3.70. The van der Waals surface area contributed by atoms with Crippen molar-refractivity contribution in [2.45, 2.75) is 82.5 Å². The molecule has 6 aliphatic carbocycles. The number of fused-ring (bicyclic) bond motifs is 9. The molecule has 2 bridgehead atoms. The van der Waals surface area contributed by atoms with Gasteiger partial charge in [0.15, 0.2) is 0 Å². The second kappa shape index (κ2) is 10.9. The van der Waals surface area contributed by atoms with Gasteiger partial charge in [-0.05, 0) is 177 Å². The summed E-state index contributed by atoms with van der Waals surface area (Å²) in [4.78, 5) is 2.47. The van der Waals surface area contributed by atoms with E-state index in [1.165, 1.54) is 100 Å². The average Bonchev–Trinajstić information content (AvgIpc) is 3.84. The van der Waals surface area contributed by atoms with E-state index in [0.717, 1.165) is 23.7 Å². The predicted octanol–water partition coefficient (Wildman–Crippen LogP) is 14.2. The van der Waals surface area contributed by atoms with Crippen LogP contribution in [-0.2, 0) is 16.2 Å². The van der Waals surface area contributed by atoms with E-state index >= 15 is 0 Å². The topological polar surface area (TPSA) is 3.24 Å². The van der Waals surface area contributed by atoms with Crippen LogP contribution in [0.2, 0.25) is 0 Å². The molecule has 1 nitrogen and oxygen atoms in total. The van der Waals surface area contributed by atoms with Crippen molar-refractivity contribution in [3.8, 4) is 33.4 Å². The first kappa shape index (κ1) is 32.4. The van der Waals surface area contributed by atoms with Gasteiger partial charge in [-0.1, -0.05) is 125 Å². The maximum absolute atomic E-state index is 2.56. The summed E-state index contributed by atoms with van der Waals surface area (Å²) in [6.45, 7) is 9.69. The first-order chi connectivity index (χ1) is 26.7. The zero-order chi connectivity index (χ0) is 36.9. The molecule has 6 unspecified atom stereocenters. The summed E-state index contributed by atoms with van der Waals surface area (Å²) in [6.07, 6.45) is 8.37. The zero-order valence-electron chi connectivity index (χ0n) is 32.8. The van der Waals surface area contributed by atoms with Crippen LogP contribution in [0.15, 0.2) is 140 Å². The van der Waals surface area contributed by atoms with Gasteiger partial charge in [-0.2, -0.15) is 0 Å². The minimum atomic E-state index is 0.135. The van der Waals surface area contributed by atoms with Crippen LogP contribution >= 0.6 is 0 Å². The Balaban J connectivity index is 0.935. The summed E-state index contributed by atoms with van der Waals surface area (Å²) in [7, 11) is 0. The molecule has 6 atom stereocenters. The van der Waals surface area contributed by atoms with E-state index in [1.807, 2.05) is 0 Å². The smallest absolute Gasteiger partial charge is 0.0464 e. The van der Waals surface area contributed by atoms with Crippen LogP contribution in [0.5, 0.6) is 0 Å². The molecule has 0 heterocycles. The monoisotopic (exact) mass is 713 g/mol. The highest BCUT2D eigenvalue weighted by atomic mass is 15.1. The quantitative estimate of drug-likeness (QED) is 0.172. The molecule has 0 aromatic heterocycles. The van der Waals surface area contributed by atoms with Crippen LogP contribution in [0.1, 0.15) is 88.5 Å². The Morgan fingerprint density at radius 1 is 0.455 bits per heavy atom. The number of hydrogen-bond donors (Lipinski definition) is 0. The maximum atomic E-state index is 2.56. The van der Waals surface area contributed by atoms with Gasteiger partial charge in [0, 0.05) is 22.5 Å². The molecular weight excluding hydrogens is 663 g/mol. The molecule has 6 aliphatic rings. The summed E-state index contributed by atoms with van der Waals surface area (Å²) in [6, 6.07) is 53.6. The Morgan fingerprint density at radius 2 is 1.02 bits per heavy atom. The lowest BCUT2D eigenvalue weighted by Crippen LogP contribution is -2.73. The minimum absolute atomic E-state index is 0.135. The summed E-state index contributed by atoms with van der Waals surface area (Å²) in [5, 5.41) is 0. The molecule has 6 aromatic carbocycles. The van der Waals surface area contributed by atoms with Gasteiger partial charge in [0.25, 0.3) is 0 Å². The Kier molecular flexibility index (Phi) is 6.42. The molecular formula is C54H51N. The second-order valence-corrected chi connectivity index (χ2v) is 19.7. The van der Waals surface area contributed by atoms with E-state index in [9.17, 15) is 0 Å². The maximum Gasteiger partial charge on any atom is 0.0464 e. The lowest BCUT2D eigenvalue weighted by molar-refractivity contribution is -0.231. The minimum Gasteiger partial charge on any atom is -0.310 e. The molecule has 2 spiro atoms. The largest absolute Gasteiger partial charge is 0.310 e. The fraction of sp³-hybridized carbons (Fsp3) is 0.333. The molecule has 0 radical (unpaired) electrons. The second-order valence-electron chi connectivity index (χ2n) is 19.7. The molecule has 0 aliphatic heterocycles. The molecule has 12 rings (SSSR count). The highest BCUT2D eigenvalue weighted by molar-refractivity contribution is 5.87. The normalized spacial score (nSPS) is 29.1. The first-order valence-corrected chi connectivity index (χ1v) is 21.1. The number of benzene rings is 6. The van der Waals surface area contributed by atoms with E-state index < -0.39 is 0 Å².